The molecule has 0 spiro atoms. The molecule has 132 valence electrons. The van der Waals surface area contributed by atoms with Gasteiger partial charge in [0.15, 0.2) is 0 Å². The zero-order valence-electron chi connectivity index (χ0n) is 16.9. The summed E-state index contributed by atoms with van der Waals surface area (Å²) in [6, 6.07) is 17.7. The summed E-state index contributed by atoms with van der Waals surface area (Å²) >= 11 is 0. The van der Waals surface area contributed by atoms with E-state index in [-0.39, 0.29) is 10.8 Å². The van der Waals surface area contributed by atoms with Crippen LogP contribution in [0.4, 0.5) is 0 Å². The van der Waals surface area contributed by atoms with E-state index in [1.807, 2.05) is 0 Å². The molecule has 2 aromatic rings. The van der Waals surface area contributed by atoms with Gasteiger partial charge in [0.05, 0.1) is 0 Å². The van der Waals surface area contributed by atoms with Crippen LogP contribution in [0.2, 0.25) is 0 Å². The van der Waals surface area contributed by atoms with E-state index in [2.05, 4.69) is 110 Å². The molecule has 0 heterocycles. The van der Waals surface area contributed by atoms with E-state index in [1.54, 1.807) is 0 Å². The molecule has 25 heavy (non-hydrogen) atoms. The SMILES string of the molecule is C=C(/C=C(\C)c1ccc(C(C)(C)C)cc1)c1ccc(C(C)(C)C)cc1. The van der Waals surface area contributed by atoms with Crippen LogP contribution < -0.4 is 0 Å². The van der Waals surface area contributed by atoms with Crippen LogP contribution in [0.15, 0.2) is 61.2 Å². The van der Waals surface area contributed by atoms with Crippen LogP contribution in [0.5, 0.6) is 0 Å². The molecule has 0 unspecified atom stereocenters. The summed E-state index contributed by atoms with van der Waals surface area (Å²) in [4.78, 5) is 0. The first-order chi connectivity index (χ1) is 11.5. The second-order valence-electron chi connectivity index (χ2n) is 9.01. The lowest BCUT2D eigenvalue weighted by Crippen LogP contribution is -2.10. The van der Waals surface area contributed by atoms with Gasteiger partial charge in [-0.1, -0.05) is 103 Å². The maximum absolute atomic E-state index is 4.26. The van der Waals surface area contributed by atoms with Crippen molar-refractivity contribution >= 4 is 11.1 Å². The molecule has 0 aliphatic carbocycles. The smallest absolute Gasteiger partial charge is 0.0132 e. The highest BCUT2D eigenvalue weighted by Crippen LogP contribution is 2.27. The van der Waals surface area contributed by atoms with E-state index in [0.29, 0.717) is 0 Å². The van der Waals surface area contributed by atoms with Crippen LogP contribution in [0.1, 0.15) is 70.7 Å². The zero-order chi connectivity index (χ0) is 18.8. The molecule has 0 saturated carbocycles. The van der Waals surface area contributed by atoms with Crippen LogP contribution in [0, 0.1) is 0 Å². The number of hydrogen-bond donors (Lipinski definition) is 0. The lowest BCUT2D eigenvalue weighted by molar-refractivity contribution is 0.590. The maximum atomic E-state index is 4.26. The monoisotopic (exact) mass is 332 g/mol. The molecular formula is C25H32. The Hall–Kier alpha value is -2.08. The Kier molecular flexibility index (Phi) is 5.42. The van der Waals surface area contributed by atoms with Gasteiger partial charge in [-0.05, 0) is 51.2 Å². The van der Waals surface area contributed by atoms with Crippen LogP contribution in [-0.2, 0) is 10.8 Å². The molecule has 2 rings (SSSR count). The first-order valence-electron chi connectivity index (χ1n) is 9.07. The fourth-order valence-electron chi connectivity index (χ4n) is 2.85. The maximum Gasteiger partial charge on any atom is -0.0132 e. The third-order valence-electron chi connectivity index (χ3n) is 4.72. The second kappa shape index (κ2) is 7.04. The Labute approximate surface area is 154 Å². The minimum Gasteiger partial charge on any atom is -0.0911 e. The van der Waals surface area contributed by atoms with E-state index in [4.69, 9.17) is 0 Å². The van der Waals surface area contributed by atoms with Crippen LogP contribution in [-0.4, -0.2) is 0 Å². The van der Waals surface area contributed by atoms with Gasteiger partial charge in [-0.3, -0.25) is 0 Å². The van der Waals surface area contributed by atoms with Gasteiger partial charge in [0.1, 0.15) is 0 Å². The minimum atomic E-state index is 0.181. The van der Waals surface area contributed by atoms with Crippen molar-refractivity contribution in [2.24, 2.45) is 0 Å². The van der Waals surface area contributed by atoms with Crippen molar-refractivity contribution in [1.82, 2.24) is 0 Å². The highest BCUT2D eigenvalue weighted by molar-refractivity contribution is 5.82. The molecule has 0 aliphatic heterocycles. The normalized spacial score (nSPS) is 13.0. The molecular weight excluding hydrogens is 300 g/mol. The Morgan fingerprint density at radius 2 is 1.04 bits per heavy atom. The predicted octanol–water partition coefficient (Wildman–Crippen LogP) is 7.40. The van der Waals surface area contributed by atoms with Gasteiger partial charge < -0.3 is 0 Å². The highest BCUT2D eigenvalue weighted by atomic mass is 14.2. The lowest BCUT2D eigenvalue weighted by Gasteiger charge is -2.19. The van der Waals surface area contributed by atoms with E-state index >= 15 is 0 Å². The molecule has 0 saturated heterocycles. The van der Waals surface area contributed by atoms with Crippen molar-refractivity contribution in [2.75, 3.05) is 0 Å². The fourth-order valence-corrected chi connectivity index (χ4v) is 2.85. The summed E-state index contributed by atoms with van der Waals surface area (Å²) in [5, 5.41) is 0. The van der Waals surface area contributed by atoms with Gasteiger partial charge in [-0.2, -0.15) is 0 Å². The molecule has 0 aliphatic rings. The van der Waals surface area contributed by atoms with Crippen molar-refractivity contribution in [1.29, 1.82) is 0 Å². The summed E-state index contributed by atoms with van der Waals surface area (Å²) in [7, 11) is 0. The molecule has 0 radical (unpaired) electrons. The summed E-state index contributed by atoms with van der Waals surface area (Å²) < 4.78 is 0. The summed E-state index contributed by atoms with van der Waals surface area (Å²) in [6.45, 7) is 19.9. The third-order valence-corrected chi connectivity index (χ3v) is 4.72. The third kappa shape index (κ3) is 4.95. The highest BCUT2D eigenvalue weighted by Gasteiger charge is 2.14. The standard InChI is InChI=1S/C25H32/c1-18(20-9-13-22(14-10-20)24(3,4)5)17-19(2)21-11-15-23(16-12-21)25(6,7)8/h9-17H,1H2,2-8H3/b19-17+. The van der Waals surface area contributed by atoms with Gasteiger partial charge >= 0.3 is 0 Å². The van der Waals surface area contributed by atoms with E-state index in [0.717, 1.165) is 5.57 Å². The van der Waals surface area contributed by atoms with E-state index < -0.39 is 0 Å². The average molecular weight is 333 g/mol. The van der Waals surface area contributed by atoms with Gasteiger partial charge in [0.2, 0.25) is 0 Å². The molecule has 0 fully saturated rings. The number of allylic oxidation sites excluding steroid dienone is 3. The topological polar surface area (TPSA) is 0 Å². The van der Waals surface area contributed by atoms with Crippen molar-refractivity contribution in [3.05, 3.63) is 83.4 Å². The Balaban J connectivity index is 2.20. The Morgan fingerprint density at radius 3 is 1.40 bits per heavy atom. The van der Waals surface area contributed by atoms with Gasteiger partial charge in [-0.25, -0.2) is 0 Å². The Bertz CT molecular complexity index is 755. The average Bonchev–Trinajstić information content (AvgIpc) is 2.53. The summed E-state index contributed by atoms with van der Waals surface area (Å²) in [5.41, 5.74) is 7.81. The molecule has 0 atom stereocenters. The fraction of sp³-hybridized carbons (Fsp3) is 0.360. The molecule has 0 aromatic heterocycles. The number of rotatable bonds is 3. The van der Waals surface area contributed by atoms with Crippen LogP contribution >= 0.6 is 0 Å². The van der Waals surface area contributed by atoms with Crippen molar-refractivity contribution < 1.29 is 0 Å². The van der Waals surface area contributed by atoms with E-state index in [1.165, 1.54) is 27.8 Å². The predicted molar refractivity (Wildman–Crippen MR) is 113 cm³/mol. The molecule has 0 amide bonds. The minimum absolute atomic E-state index is 0.181. The van der Waals surface area contributed by atoms with Crippen LogP contribution in [0.3, 0.4) is 0 Å². The van der Waals surface area contributed by atoms with E-state index in [9.17, 15) is 0 Å². The first kappa shape index (κ1) is 19.2. The van der Waals surface area contributed by atoms with Crippen molar-refractivity contribution in [3.63, 3.8) is 0 Å². The lowest BCUT2D eigenvalue weighted by atomic mass is 9.85. The molecule has 0 heteroatoms. The molecule has 0 N–H and O–H groups in total. The second-order valence-corrected chi connectivity index (χ2v) is 9.01. The van der Waals surface area contributed by atoms with Crippen molar-refractivity contribution in [2.45, 2.75) is 59.3 Å². The molecule has 0 bridgehead atoms. The zero-order valence-corrected chi connectivity index (χ0v) is 16.9. The quantitative estimate of drug-likeness (QED) is 0.514. The summed E-state index contributed by atoms with van der Waals surface area (Å²) in [5.74, 6) is 0. The first-order valence-corrected chi connectivity index (χ1v) is 9.07. The van der Waals surface area contributed by atoms with Gasteiger partial charge in [0, 0.05) is 0 Å². The molecule has 0 nitrogen and oxygen atoms in total. The number of hydrogen-bond acceptors (Lipinski definition) is 0. The largest absolute Gasteiger partial charge is 0.0911 e. The molecule has 2 aromatic carbocycles. The van der Waals surface area contributed by atoms with Crippen molar-refractivity contribution in [3.8, 4) is 0 Å². The summed E-state index contributed by atoms with van der Waals surface area (Å²) in [6.07, 6.45) is 2.18. The van der Waals surface area contributed by atoms with Gasteiger partial charge in [0.25, 0.3) is 0 Å². The van der Waals surface area contributed by atoms with Gasteiger partial charge in [-0.15, -0.1) is 0 Å². The van der Waals surface area contributed by atoms with Crippen LogP contribution in [0.25, 0.3) is 11.1 Å². The Morgan fingerprint density at radius 1 is 0.680 bits per heavy atom. The number of benzene rings is 2.